The molecule has 4 heteroatoms. The van der Waals surface area contributed by atoms with Gasteiger partial charge in [0.15, 0.2) is 9.84 Å². The van der Waals surface area contributed by atoms with Gasteiger partial charge in [0.25, 0.3) is 0 Å². The van der Waals surface area contributed by atoms with Crippen LogP contribution in [0.3, 0.4) is 0 Å². The first-order chi connectivity index (χ1) is 15.1. The van der Waals surface area contributed by atoms with Crippen LogP contribution in [0.15, 0.2) is 65.6 Å². The van der Waals surface area contributed by atoms with Crippen LogP contribution in [-0.2, 0) is 20.7 Å². The van der Waals surface area contributed by atoms with Crippen molar-refractivity contribution in [2.24, 2.45) is 0 Å². The van der Waals surface area contributed by atoms with Crippen molar-refractivity contribution in [1.29, 1.82) is 0 Å². The van der Waals surface area contributed by atoms with Crippen molar-refractivity contribution < 1.29 is 13.5 Å². The van der Waals surface area contributed by atoms with E-state index in [1.807, 2.05) is 104 Å². The molecule has 0 saturated carbocycles. The molecule has 3 aromatic carbocycles. The molecule has 3 nitrogen and oxygen atoms in total. The number of hydrogen-bond acceptors (Lipinski definition) is 3. The zero-order valence-electron chi connectivity index (χ0n) is 21.0. The van der Waals surface area contributed by atoms with Gasteiger partial charge in [-0.25, -0.2) is 8.42 Å². The summed E-state index contributed by atoms with van der Waals surface area (Å²) in [5, 5.41) is 10.3. The Morgan fingerprint density at radius 2 is 1.06 bits per heavy atom. The van der Waals surface area contributed by atoms with Crippen molar-refractivity contribution in [2.75, 3.05) is 0 Å². The van der Waals surface area contributed by atoms with Crippen molar-refractivity contribution in [1.82, 2.24) is 0 Å². The average molecular weight is 465 g/mol. The lowest BCUT2D eigenvalue weighted by Gasteiger charge is -2.30. The third-order valence-corrected chi connectivity index (χ3v) is 8.19. The molecule has 1 atom stereocenters. The van der Waals surface area contributed by atoms with Gasteiger partial charge >= 0.3 is 0 Å². The number of sulfone groups is 1. The standard InChI is InChI=1S/C29H36O3S/c1-19-9-13-21(14-10-19)27(33(31,32)23-15-11-20(2)12-16-23)22-17-24(28(3,4)5)26(30)25(18-22)29(6,7)8/h9-18,27,30H,1-8H3. The number of phenolic OH excluding ortho intramolecular Hbond substituents is 1. The summed E-state index contributed by atoms with van der Waals surface area (Å²) >= 11 is 0. The molecule has 0 aromatic heterocycles. The Hall–Kier alpha value is -2.59. The van der Waals surface area contributed by atoms with Gasteiger partial charge in [-0.15, -0.1) is 0 Å². The normalized spacial score (nSPS) is 13.7. The predicted molar refractivity (Wildman–Crippen MR) is 137 cm³/mol. The minimum atomic E-state index is -3.76. The van der Waals surface area contributed by atoms with E-state index in [9.17, 15) is 13.5 Å². The second kappa shape index (κ2) is 8.64. The maximum absolute atomic E-state index is 14.1. The number of hydrogen-bond donors (Lipinski definition) is 1. The smallest absolute Gasteiger partial charge is 0.189 e. The quantitative estimate of drug-likeness (QED) is 0.445. The average Bonchev–Trinajstić information content (AvgIpc) is 2.69. The molecule has 0 aliphatic carbocycles. The summed E-state index contributed by atoms with van der Waals surface area (Å²) in [6.07, 6.45) is 0. The molecule has 1 N–H and O–H groups in total. The lowest BCUT2D eigenvalue weighted by atomic mass is 9.78. The third-order valence-electron chi connectivity index (χ3n) is 6.09. The molecule has 33 heavy (non-hydrogen) atoms. The van der Waals surface area contributed by atoms with Gasteiger partial charge in [-0.3, -0.25) is 0 Å². The summed E-state index contributed by atoms with van der Waals surface area (Å²) in [5.74, 6) is 0.245. The van der Waals surface area contributed by atoms with Crippen LogP contribution in [0.5, 0.6) is 5.75 Å². The Morgan fingerprint density at radius 3 is 1.45 bits per heavy atom. The Labute approximate surface area is 199 Å². The molecule has 0 radical (unpaired) electrons. The molecule has 3 aromatic rings. The van der Waals surface area contributed by atoms with Crippen LogP contribution in [-0.4, -0.2) is 13.5 Å². The molecular formula is C29H36O3S. The topological polar surface area (TPSA) is 54.4 Å². The summed E-state index contributed by atoms with van der Waals surface area (Å²) in [6, 6.07) is 18.5. The summed E-state index contributed by atoms with van der Waals surface area (Å²) in [4.78, 5) is 0.293. The van der Waals surface area contributed by atoms with E-state index >= 15 is 0 Å². The Bertz CT molecular complexity index is 1200. The van der Waals surface area contributed by atoms with Crippen LogP contribution in [0.4, 0.5) is 0 Å². The molecular weight excluding hydrogens is 428 g/mol. The molecule has 0 spiro atoms. The van der Waals surface area contributed by atoms with E-state index in [1.165, 1.54) is 0 Å². The van der Waals surface area contributed by atoms with Gasteiger partial charge < -0.3 is 5.11 Å². The predicted octanol–water partition coefficient (Wildman–Crippen LogP) is 7.17. The van der Waals surface area contributed by atoms with Gasteiger partial charge in [-0.05, 0) is 71.2 Å². The SMILES string of the molecule is Cc1ccc(C(c2cc(C(C)(C)C)c(O)c(C(C)(C)C)c2)S(=O)(=O)c2ccc(C)cc2)cc1. The summed E-state index contributed by atoms with van der Waals surface area (Å²) < 4.78 is 28.1. The molecule has 0 amide bonds. The van der Waals surface area contributed by atoms with E-state index < -0.39 is 15.1 Å². The third kappa shape index (κ3) is 5.16. The van der Waals surface area contributed by atoms with Crippen LogP contribution in [0.1, 0.15) is 80.2 Å². The molecule has 0 aliphatic heterocycles. The highest BCUT2D eigenvalue weighted by Crippen LogP contribution is 2.44. The van der Waals surface area contributed by atoms with Crippen LogP contribution in [0, 0.1) is 13.8 Å². The van der Waals surface area contributed by atoms with Crippen LogP contribution < -0.4 is 0 Å². The van der Waals surface area contributed by atoms with E-state index in [4.69, 9.17) is 0 Å². The van der Waals surface area contributed by atoms with Crippen molar-refractivity contribution in [3.05, 3.63) is 94.0 Å². The van der Waals surface area contributed by atoms with E-state index in [0.29, 0.717) is 16.0 Å². The second-order valence-electron chi connectivity index (χ2n) is 11.1. The van der Waals surface area contributed by atoms with Gasteiger partial charge in [-0.2, -0.15) is 0 Å². The Morgan fingerprint density at radius 1 is 0.667 bits per heavy atom. The van der Waals surface area contributed by atoms with Crippen LogP contribution >= 0.6 is 0 Å². The number of phenols is 1. The number of aromatic hydroxyl groups is 1. The van der Waals surface area contributed by atoms with E-state index in [2.05, 4.69) is 0 Å². The minimum absolute atomic E-state index is 0.245. The van der Waals surface area contributed by atoms with Gasteiger partial charge in [0.05, 0.1) is 4.90 Å². The van der Waals surface area contributed by atoms with E-state index in [0.717, 1.165) is 22.3 Å². The first-order valence-electron chi connectivity index (χ1n) is 11.4. The molecule has 0 bridgehead atoms. The Kier molecular flexibility index (Phi) is 6.56. The van der Waals surface area contributed by atoms with Gasteiger partial charge in [0.1, 0.15) is 11.0 Å². The van der Waals surface area contributed by atoms with Crippen LogP contribution in [0.25, 0.3) is 0 Å². The monoisotopic (exact) mass is 464 g/mol. The maximum atomic E-state index is 14.1. The molecule has 176 valence electrons. The molecule has 0 saturated heterocycles. The summed E-state index contributed by atoms with van der Waals surface area (Å²) in [7, 11) is -3.76. The molecule has 1 unspecified atom stereocenters. The highest BCUT2D eigenvalue weighted by atomic mass is 32.2. The molecule has 3 rings (SSSR count). The van der Waals surface area contributed by atoms with E-state index in [-0.39, 0.29) is 16.6 Å². The first kappa shape index (κ1) is 25.0. The Balaban J connectivity index is 2.38. The van der Waals surface area contributed by atoms with Crippen molar-refractivity contribution in [3.8, 4) is 5.75 Å². The number of benzene rings is 3. The fraction of sp³-hybridized carbons (Fsp3) is 0.379. The lowest BCUT2D eigenvalue weighted by molar-refractivity contribution is 0.422. The van der Waals surface area contributed by atoms with Gasteiger partial charge in [-0.1, -0.05) is 89.1 Å². The minimum Gasteiger partial charge on any atom is -0.507 e. The second-order valence-corrected chi connectivity index (χ2v) is 13.1. The van der Waals surface area contributed by atoms with Crippen molar-refractivity contribution in [2.45, 2.75) is 76.4 Å². The lowest BCUT2D eigenvalue weighted by Crippen LogP contribution is -2.21. The van der Waals surface area contributed by atoms with Gasteiger partial charge in [0, 0.05) is 0 Å². The highest BCUT2D eigenvalue weighted by molar-refractivity contribution is 7.91. The highest BCUT2D eigenvalue weighted by Gasteiger charge is 2.34. The number of aryl methyl sites for hydroxylation is 2. The van der Waals surface area contributed by atoms with Gasteiger partial charge in [0.2, 0.25) is 0 Å². The largest absolute Gasteiger partial charge is 0.507 e. The number of rotatable bonds is 4. The maximum Gasteiger partial charge on any atom is 0.189 e. The molecule has 0 aliphatic rings. The molecule has 0 fully saturated rings. The molecule has 0 heterocycles. The fourth-order valence-corrected chi connectivity index (χ4v) is 5.91. The first-order valence-corrected chi connectivity index (χ1v) is 12.9. The van der Waals surface area contributed by atoms with E-state index in [1.54, 1.807) is 12.1 Å². The fourth-order valence-electron chi connectivity index (χ4n) is 4.11. The summed E-state index contributed by atoms with van der Waals surface area (Å²) in [6.45, 7) is 16.1. The zero-order chi connectivity index (χ0) is 24.8. The van der Waals surface area contributed by atoms with Crippen molar-refractivity contribution in [3.63, 3.8) is 0 Å². The zero-order valence-corrected chi connectivity index (χ0v) is 21.8. The van der Waals surface area contributed by atoms with Crippen molar-refractivity contribution >= 4 is 9.84 Å². The van der Waals surface area contributed by atoms with Crippen LogP contribution in [0.2, 0.25) is 0 Å². The summed E-state index contributed by atoms with van der Waals surface area (Å²) in [5.41, 5.74) is 4.26.